The van der Waals surface area contributed by atoms with Crippen LogP contribution >= 0.6 is 0 Å². The summed E-state index contributed by atoms with van der Waals surface area (Å²) in [6.45, 7) is 9.65. The first-order valence-corrected chi connectivity index (χ1v) is 8.19. The van der Waals surface area contributed by atoms with Crippen LogP contribution in [-0.4, -0.2) is 41.1 Å². The Morgan fingerprint density at radius 2 is 1.91 bits per heavy atom. The maximum Gasteiger partial charge on any atom is 0.241 e. The predicted octanol–water partition coefficient (Wildman–Crippen LogP) is 2.72. The zero-order valence-electron chi connectivity index (χ0n) is 14.1. The van der Waals surface area contributed by atoms with Crippen LogP contribution in [0.3, 0.4) is 0 Å². The van der Waals surface area contributed by atoms with Gasteiger partial charge in [0.1, 0.15) is 0 Å². The van der Waals surface area contributed by atoms with Gasteiger partial charge in [-0.05, 0) is 76.7 Å². The van der Waals surface area contributed by atoms with Crippen LogP contribution in [0, 0.1) is 19.8 Å². The molecule has 0 spiro atoms. The van der Waals surface area contributed by atoms with Crippen LogP contribution in [0.15, 0.2) is 18.2 Å². The molecule has 0 aliphatic carbocycles. The second kappa shape index (κ2) is 7.25. The quantitative estimate of drug-likeness (QED) is 0.899. The zero-order chi connectivity index (χ0) is 16.3. The third kappa shape index (κ3) is 3.87. The number of anilines is 1. The fourth-order valence-corrected chi connectivity index (χ4v) is 3.08. The number of hydrogen-bond acceptors (Lipinski definition) is 3. The molecule has 0 radical (unpaired) electrons. The third-order valence-corrected chi connectivity index (χ3v) is 5.05. The largest absolute Gasteiger partial charge is 0.393 e. The number of piperidine rings is 1. The van der Waals surface area contributed by atoms with Crippen LogP contribution in [0.1, 0.15) is 37.8 Å². The molecule has 1 fully saturated rings. The molecule has 1 aromatic rings. The summed E-state index contributed by atoms with van der Waals surface area (Å²) < 4.78 is 0. The van der Waals surface area contributed by atoms with E-state index in [-0.39, 0.29) is 18.1 Å². The summed E-state index contributed by atoms with van der Waals surface area (Å²) in [5.74, 6) is 0.412. The highest BCUT2D eigenvalue weighted by molar-refractivity contribution is 5.95. The Hall–Kier alpha value is -1.39. The molecule has 2 atom stereocenters. The van der Waals surface area contributed by atoms with Crippen LogP contribution in [0.25, 0.3) is 0 Å². The zero-order valence-corrected chi connectivity index (χ0v) is 14.1. The van der Waals surface area contributed by atoms with Gasteiger partial charge in [0.2, 0.25) is 5.91 Å². The highest BCUT2D eigenvalue weighted by Gasteiger charge is 2.28. The molecule has 1 aromatic carbocycles. The average molecular weight is 304 g/mol. The first-order valence-electron chi connectivity index (χ1n) is 8.19. The Morgan fingerprint density at radius 3 is 2.50 bits per heavy atom. The van der Waals surface area contributed by atoms with Crippen molar-refractivity contribution in [3.63, 3.8) is 0 Å². The number of carbonyl (C=O) groups is 1. The van der Waals surface area contributed by atoms with Crippen molar-refractivity contribution < 1.29 is 9.90 Å². The maximum absolute atomic E-state index is 12.5. The lowest BCUT2D eigenvalue weighted by atomic mass is 9.91. The van der Waals surface area contributed by atoms with Crippen LogP contribution in [0.2, 0.25) is 0 Å². The Bertz CT molecular complexity index is 520. The summed E-state index contributed by atoms with van der Waals surface area (Å²) in [4.78, 5) is 14.7. The van der Waals surface area contributed by atoms with Crippen molar-refractivity contribution in [3.8, 4) is 0 Å². The third-order valence-electron chi connectivity index (χ3n) is 5.05. The first kappa shape index (κ1) is 17.0. The lowest BCUT2D eigenvalue weighted by Crippen LogP contribution is -2.47. The van der Waals surface area contributed by atoms with E-state index < -0.39 is 0 Å². The van der Waals surface area contributed by atoms with Crippen LogP contribution in [0.5, 0.6) is 0 Å². The summed E-state index contributed by atoms with van der Waals surface area (Å²) >= 11 is 0. The number of benzene rings is 1. The van der Waals surface area contributed by atoms with Crippen molar-refractivity contribution in [1.82, 2.24) is 4.90 Å². The fraction of sp³-hybridized carbons (Fsp3) is 0.611. The summed E-state index contributed by atoms with van der Waals surface area (Å²) in [6, 6.07) is 5.83. The van der Waals surface area contributed by atoms with Crippen LogP contribution in [-0.2, 0) is 4.79 Å². The highest BCUT2D eigenvalue weighted by atomic mass is 16.3. The Balaban J connectivity index is 1.94. The average Bonchev–Trinajstić information content (AvgIpc) is 2.51. The van der Waals surface area contributed by atoms with Gasteiger partial charge in [-0.3, -0.25) is 9.69 Å². The fourth-order valence-electron chi connectivity index (χ4n) is 3.08. The summed E-state index contributed by atoms with van der Waals surface area (Å²) in [5, 5.41) is 12.7. The van der Waals surface area contributed by atoms with E-state index in [9.17, 15) is 9.90 Å². The number of likely N-dealkylation sites (tertiary alicyclic amines) is 1. The summed E-state index contributed by atoms with van der Waals surface area (Å²) in [5.41, 5.74) is 3.20. The molecule has 0 saturated carbocycles. The summed E-state index contributed by atoms with van der Waals surface area (Å²) in [6.07, 6.45) is 1.67. The van der Waals surface area contributed by atoms with E-state index in [1.54, 1.807) is 0 Å². The van der Waals surface area contributed by atoms with Crippen LogP contribution in [0.4, 0.5) is 5.69 Å². The van der Waals surface area contributed by atoms with Crippen LogP contribution < -0.4 is 5.32 Å². The number of aliphatic hydroxyl groups excluding tert-OH is 1. The highest BCUT2D eigenvalue weighted by Crippen LogP contribution is 2.23. The molecular weight excluding hydrogens is 276 g/mol. The molecule has 22 heavy (non-hydrogen) atoms. The molecule has 1 heterocycles. The number of amides is 1. The minimum absolute atomic E-state index is 0.0456. The van der Waals surface area contributed by atoms with Gasteiger partial charge < -0.3 is 10.4 Å². The number of carbonyl (C=O) groups excluding carboxylic acids is 1. The standard InChI is InChI=1S/C18H28N2O2/c1-12-6-5-7-17(13(12)2)19-18(22)14(3)20-10-8-16(9-11-20)15(4)21/h5-7,14-16,21H,8-11H2,1-4H3,(H,19,22). The molecule has 1 amide bonds. The number of nitrogens with one attached hydrogen (secondary N) is 1. The van der Waals surface area contributed by atoms with Gasteiger partial charge in [-0.15, -0.1) is 0 Å². The Morgan fingerprint density at radius 1 is 1.27 bits per heavy atom. The lowest BCUT2D eigenvalue weighted by Gasteiger charge is -2.36. The van der Waals surface area contributed by atoms with E-state index in [0.717, 1.165) is 37.2 Å². The molecule has 0 bridgehead atoms. The number of aryl methyl sites for hydroxylation is 1. The van der Waals surface area contributed by atoms with E-state index in [0.29, 0.717) is 5.92 Å². The molecule has 4 heteroatoms. The smallest absolute Gasteiger partial charge is 0.241 e. The van der Waals surface area contributed by atoms with Crippen molar-refractivity contribution in [2.24, 2.45) is 5.92 Å². The lowest BCUT2D eigenvalue weighted by molar-refractivity contribution is -0.121. The van der Waals surface area contributed by atoms with Gasteiger partial charge in [-0.25, -0.2) is 0 Å². The van der Waals surface area contributed by atoms with Gasteiger partial charge in [0.05, 0.1) is 12.1 Å². The van der Waals surface area contributed by atoms with Gasteiger partial charge >= 0.3 is 0 Å². The molecule has 122 valence electrons. The normalized spacial score (nSPS) is 19.7. The van der Waals surface area contributed by atoms with E-state index in [1.165, 1.54) is 5.56 Å². The minimum Gasteiger partial charge on any atom is -0.393 e. The van der Waals surface area contributed by atoms with Gasteiger partial charge in [-0.2, -0.15) is 0 Å². The number of hydrogen-bond donors (Lipinski definition) is 2. The molecular formula is C18H28N2O2. The Kier molecular flexibility index (Phi) is 5.59. The van der Waals surface area contributed by atoms with Gasteiger partial charge in [0.15, 0.2) is 0 Å². The number of nitrogens with zero attached hydrogens (tertiary/aromatic N) is 1. The summed E-state index contributed by atoms with van der Waals surface area (Å²) in [7, 11) is 0. The molecule has 1 aliphatic rings. The first-order chi connectivity index (χ1) is 10.4. The molecule has 1 aliphatic heterocycles. The minimum atomic E-state index is -0.249. The van der Waals surface area contributed by atoms with E-state index in [2.05, 4.69) is 23.2 Å². The molecule has 4 nitrogen and oxygen atoms in total. The molecule has 1 saturated heterocycles. The van der Waals surface area contributed by atoms with E-state index in [4.69, 9.17) is 0 Å². The van der Waals surface area contributed by atoms with E-state index >= 15 is 0 Å². The van der Waals surface area contributed by atoms with Gasteiger partial charge in [0.25, 0.3) is 0 Å². The molecule has 2 N–H and O–H groups in total. The van der Waals surface area contributed by atoms with Gasteiger partial charge in [-0.1, -0.05) is 12.1 Å². The molecule has 0 aromatic heterocycles. The topological polar surface area (TPSA) is 52.6 Å². The molecule has 2 unspecified atom stereocenters. The maximum atomic E-state index is 12.5. The SMILES string of the molecule is Cc1cccc(NC(=O)C(C)N2CCC(C(C)O)CC2)c1C. The monoisotopic (exact) mass is 304 g/mol. The van der Waals surface area contributed by atoms with Crippen molar-refractivity contribution in [3.05, 3.63) is 29.3 Å². The second-order valence-electron chi connectivity index (χ2n) is 6.53. The van der Waals surface area contributed by atoms with Gasteiger partial charge in [0, 0.05) is 5.69 Å². The van der Waals surface area contributed by atoms with Crippen molar-refractivity contribution in [2.45, 2.75) is 52.7 Å². The second-order valence-corrected chi connectivity index (χ2v) is 6.53. The van der Waals surface area contributed by atoms with E-state index in [1.807, 2.05) is 32.9 Å². The van der Waals surface area contributed by atoms with Crippen molar-refractivity contribution in [1.29, 1.82) is 0 Å². The number of aliphatic hydroxyl groups is 1. The Labute approximate surface area is 133 Å². The van der Waals surface area contributed by atoms with Crippen molar-refractivity contribution in [2.75, 3.05) is 18.4 Å². The predicted molar refractivity (Wildman–Crippen MR) is 90.0 cm³/mol. The molecule has 2 rings (SSSR count). The van der Waals surface area contributed by atoms with Crippen molar-refractivity contribution >= 4 is 11.6 Å². The number of rotatable bonds is 4.